The number of nitrogens with zero attached hydrogens (tertiary/aromatic N) is 2. The molecule has 2 N–H and O–H groups in total. The number of carbonyl (C=O) groups excluding carboxylic acids is 3. The third kappa shape index (κ3) is 4.49. The Labute approximate surface area is 220 Å². The lowest BCUT2D eigenvalue weighted by Crippen LogP contribution is -2.47. The molecule has 0 radical (unpaired) electrons. The van der Waals surface area contributed by atoms with Gasteiger partial charge in [-0.15, -0.1) is 0 Å². The summed E-state index contributed by atoms with van der Waals surface area (Å²) in [5.74, 6) is -1.53. The predicted molar refractivity (Wildman–Crippen MR) is 140 cm³/mol. The van der Waals surface area contributed by atoms with E-state index in [1.807, 2.05) is 29.2 Å². The van der Waals surface area contributed by atoms with Crippen molar-refractivity contribution < 1.29 is 23.5 Å². The Morgan fingerprint density at radius 2 is 1.71 bits per heavy atom. The third-order valence-corrected chi connectivity index (χ3v) is 7.29. The molecule has 0 bridgehead atoms. The summed E-state index contributed by atoms with van der Waals surface area (Å²) < 4.78 is 20.9. The van der Waals surface area contributed by atoms with Gasteiger partial charge in [0.1, 0.15) is 0 Å². The second-order valence-corrected chi connectivity index (χ2v) is 10.1. The summed E-state index contributed by atoms with van der Waals surface area (Å²) in [7, 11) is 1.42. The average Bonchev–Trinajstić information content (AvgIpc) is 3.46. The molecule has 4 amide bonds. The molecule has 3 aromatic rings. The molecule has 0 unspecified atom stereocenters. The molecule has 38 heavy (non-hydrogen) atoms. The highest BCUT2D eigenvalue weighted by Gasteiger charge is 2.45. The molecule has 1 aromatic heterocycles. The van der Waals surface area contributed by atoms with E-state index in [1.165, 1.54) is 13.1 Å². The van der Waals surface area contributed by atoms with Crippen LogP contribution >= 0.6 is 0 Å². The first-order chi connectivity index (χ1) is 18.2. The number of ether oxygens (including phenoxy) is 1. The molecular formula is C29H29FN4O4. The average molecular weight is 517 g/mol. The lowest BCUT2D eigenvalue weighted by molar-refractivity contribution is -0.128. The first-order valence-corrected chi connectivity index (χ1v) is 12.6. The fourth-order valence-electron chi connectivity index (χ4n) is 5.16. The number of benzene rings is 2. The normalized spacial score (nSPS) is 16.2. The Balaban J connectivity index is 1.51. The van der Waals surface area contributed by atoms with E-state index >= 15 is 0 Å². The number of carbonyl (C=O) groups is 3. The Kier molecular flexibility index (Phi) is 6.60. The smallest absolute Gasteiger partial charge is 0.321 e. The minimum absolute atomic E-state index is 0.00188. The van der Waals surface area contributed by atoms with Gasteiger partial charge in [-0.1, -0.05) is 44.2 Å². The highest BCUT2D eigenvalue weighted by molar-refractivity contribution is 5.98. The third-order valence-electron chi connectivity index (χ3n) is 7.29. The van der Waals surface area contributed by atoms with E-state index < -0.39 is 29.1 Å². The van der Waals surface area contributed by atoms with Crippen molar-refractivity contribution in [3.05, 3.63) is 77.1 Å². The molecule has 1 atom stereocenters. The summed E-state index contributed by atoms with van der Waals surface area (Å²) in [5.41, 5.74) is 1.90. The maximum atomic E-state index is 14.9. The van der Waals surface area contributed by atoms with Gasteiger partial charge in [0.2, 0.25) is 11.8 Å². The summed E-state index contributed by atoms with van der Waals surface area (Å²) in [6.07, 6.45) is 2.05. The lowest BCUT2D eigenvalue weighted by Gasteiger charge is -2.37. The fourth-order valence-corrected chi connectivity index (χ4v) is 5.16. The second kappa shape index (κ2) is 9.89. The van der Waals surface area contributed by atoms with E-state index in [0.29, 0.717) is 22.4 Å². The number of imide groups is 1. The van der Waals surface area contributed by atoms with E-state index in [2.05, 4.69) is 15.6 Å². The summed E-state index contributed by atoms with van der Waals surface area (Å²) in [6.45, 7) is 4.95. The van der Waals surface area contributed by atoms with E-state index in [1.54, 1.807) is 38.1 Å². The van der Waals surface area contributed by atoms with Gasteiger partial charge in [-0.25, -0.2) is 14.2 Å². The van der Waals surface area contributed by atoms with Crippen LogP contribution in [-0.4, -0.2) is 47.9 Å². The Hall–Kier alpha value is -4.27. The van der Waals surface area contributed by atoms with Crippen molar-refractivity contribution in [3.63, 3.8) is 0 Å². The number of likely N-dealkylation sites (tertiary alicyclic amines) is 1. The molecule has 0 spiro atoms. The van der Waals surface area contributed by atoms with E-state index in [4.69, 9.17) is 4.74 Å². The SMILES string of the molecule is CNC(=O)NC(=O)C(C)(C)[C@@H]1c2ccc(-c3ccc(C(=O)N4CCCC4)cc3)nc2Oc2c(F)cccc21. The number of rotatable bonds is 4. The number of pyridine rings is 1. The van der Waals surface area contributed by atoms with Crippen LogP contribution in [0.2, 0.25) is 0 Å². The first-order valence-electron chi connectivity index (χ1n) is 12.6. The number of fused-ring (bicyclic) bond motifs is 2. The Morgan fingerprint density at radius 3 is 2.39 bits per heavy atom. The highest BCUT2D eigenvalue weighted by atomic mass is 19.1. The van der Waals surface area contributed by atoms with Crippen LogP contribution in [0.4, 0.5) is 9.18 Å². The van der Waals surface area contributed by atoms with Gasteiger partial charge in [0.15, 0.2) is 11.6 Å². The highest BCUT2D eigenvalue weighted by Crippen LogP contribution is 2.52. The number of halogens is 1. The molecule has 5 rings (SSSR count). The molecule has 9 heteroatoms. The number of urea groups is 1. The number of nitrogens with one attached hydrogen (secondary N) is 2. The van der Waals surface area contributed by atoms with Crippen molar-refractivity contribution in [2.75, 3.05) is 20.1 Å². The van der Waals surface area contributed by atoms with Crippen molar-refractivity contribution in [2.24, 2.45) is 5.41 Å². The van der Waals surface area contributed by atoms with E-state index in [-0.39, 0.29) is 17.5 Å². The number of amides is 4. The summed E-state index contributed by atoms with van der Waals surface area (Å²) >= 11 is 0. The summed E-state index contributed by atoms with van der Waals surface area (Å²) in [4.78, 5) is 44.3. The minimum atomic E-state index is -1.16. The molecule has 0 aliphatic carbocycles. The number of aromatic nitrogens is 1. The quantitative estimate of drug-likeness (QED) is 0.517. The molecule has 0 saturated carbocycles. The van der Waals surface area contributed by atoms with E-state index in [0.717, 1.165) is 31.5 Å². The lowest BCUT2D eigenvalue weighted by atomic mass is 9.69. The van der Waals surface area contributed by atoms with Gasteiger partial charge in [0.25, 0.3) is 5.91 Å². The van der Waals surface area contributed by atoms with Gasteiger partial charge in [0, 0.05) is 48.3 Å². The maximum Gasteiger partial charge on any atom is 0.321 e. The molecule has 2 aliphatic rings. The summed E-state index contributed by atoms with van der Waals surface area (Å²) in [5, 5.41) is 4.72. The van der Waals surface area contributed by atoms with Crippen molar-refractivity contribution in [2.45, 2.75) is 32.6 Å². The molecule has 1 fully saturated rings. The second-order valence-electron chi connectivity index (χ2n) is 10.1. The molecule has 2 aromatic carbocycles. The number of para-hydroxylation sites is 1. The van der Waals surface area contributed by atoms with Gasteiger partial charge >= 0.3 is 6.03 Å². The predicted octanol–water partition coefficient (Wildman–Crippen LogP) is 4.84. The maximum absolute atomic E-state index is 14.9. The van der Waals surface area contributed by atoms with Gasteiger partial charge < -0.3 is 15.0 Å². The van der Waals surface area contributed by atoms with Gasteiger partial charge in [-0.3, -0.25) is 14.9 Å². The molecule has 3 heterocycles. The monoisotopic (exact) mass is 516 g/mol. The topological polar surface area (TPSA) is 101 Å². The molecule has 1 saturated heterocycles. The van der Waals surface area contributed by atoms with Crippen molar-refractivity contribution in [1.82, 2.24) is 20.5 Å². The Bertz CT molecular complexity index is 1410. The molecule has 2 aliphatic heterocycles. The van der Waals surface area contributed by atoms with Crippen LogP contribution in [0.5, 0.6) is 11.6 Å². The summed E-state index contributed by atoms with van der Waals surface area (Å²) in [6, 6.07) is 14.8. The first kappa shape index (κ1) is 25.4. The van der Waals surface area contributed by atoms with Crippen molar-refractivity contribution >= 4 is 17.8 Å². The Morgan fingerprint density at radius 1 is 1.00 bits per heavy atom. The molecule has 196 valence electrons. The zero-order chi connectivity index (χ0) is 27.0. The van der Waals surface area contributed by atoms with E-state index in [9.17, 15) is 18.8 Å². The van der Waals surface area contributed by atoms with Crippen LogP contribution in [0.25, 0.3) is 11.3 Å². The van der Waals surface area contributed by atoms with Crippen molar-refractivity contribution in [1.29, 1.82) is 0 Å². The largest absolute Gasteiger partial charge is 0.435 e. The fraction of sp³-hybridized carbons (Fsp3) is 0.310. The zero-order valence-corrected chi connectivity index (χ0v) is 21.5. The van der Waals surface area contributed by atoms with Crippen LogP contribution in [0, 0.1) is 11.2 Å². The minimum Gasteiger partial charge on any atom is -0.435 e. The van der Waals surface area contributed by atoms with Crippen LogP contribution < -0.4 is 15.4 Å². The van der Waals surface area contributed by atoms with Gasteiger partial charge in [0.05, 0.1) is 11.1 Å². The van der Waals surface area contributed by atoms with Gasteiger partial charge in [-0.05, 0) is 37.1 Å². The standard InChI is InChI=1S/C29H29FN4O4/c1-29(2,27(36)33-28(37)31-3)23-19-7-6-8-21(30)24(19)38-25-20(23)13-14-22(32-25)17-9-11-18(12-10-17)26(35)34-15-4-5-16-34/h6-14,23H,4-5,15-16H2,1-3H3,(H2,31,33,36,37)/t23-/m0/s1. The number of hydrogen-bond acceptors (Lipinski definition) is 5. The van der Waals surface area contributed by atoms with Crippen LogP contribution in [0.1, 0.15) is 54.1 Å². The van der Waals surface area contributed by atoms with Gasteiger partial charge in [-0.2, -0.15) is 0 Å². The number of hydrogen-bond donors (Lipinski definition) is 2. The molecule has 8 nitrogen and oxygen atoms in total. The van der Waals surface area contributed by atoms with Crippen LogP contribution in [0.15, 0.2) is 54.6 Å². The van der Waals surface area contributed by atoms with Crippen LogP contribution in [-0.2, 0) is 4.79 Å². The zero-order valence-electron chi connectivity index (χ0n) is 21.5. The van der Waals surface area contributed by atoms with Crippen molar-refractivity contribution in [3.8, 4) is 22.9 Å². The van der Waals surface area contributed by atoms with Crippen LogP contribution in [0.3, 0.4) is 0 Å². The molecular weight excluding hydrogens is 487 g/mol.